The summed E-state index contributed by atoms with van der Waals surface area (Å²) < 4.78 is 0. The number of carbonyl (C=O) groups is 2. The molecule has 1 atom stereocenters. The van der Waals surface area contributed by atoms with E-state index in [1.807, 2.05) is 18.3 Å². The van der Waals surface area contributed by atoms with E-state index >= 15 is 0 Å². The molecular formula is C17H21N5O2. The van der Waals surface area contributed by atoms with Crippen LogP contribution in [0.4, 0.5) is 16.2 Å². The monoisotopic (exact) mass is 327 g/mol. The van der Waals surface area contributed by atoms with Crippen molar-refractivity contribution < 1.29 is 9.59 Å². The van der Waals surface area contributed by atoms with Crippen LogP contribution in [0, 0.1) is 0 Å². The second-order valence-corrected chi connectivity index (χ2v) is 6.04. The standard InChI is InChI=1S/C17H21N5O2/c1-11(23)22(2)15-5-3-4-13(9-15)19-17(24)20-14-6-7-16-12(8-14)10-18-21-16/h3-5,9-10,14H,6-8H2,1-2H3,(H,18,21)(H2,19,20,24)/t14-/m0/s1. The fourth-order valence-electron chi connectivity index (χ4n) is 2.87. The minimum atomic E-state index is -0.241. The predicted molar refractivity (Wildman–Crippen MR) is 92.1 cm³/mol. The molecule has 7 nitrogen and oxygen atoms in total. The molecule has 0 fully saturated rings. The zero-order valence-corrected chi connectivity index (χ0v) is 13.8. The van der Waals surface area contributed by atoms with Crippen molar-refractivity contribution in [2.45, 2.75) is 32.2 Å². The lowest BCUT2D eigenvalue weighted by molar-refractivity contribution is -0.116. The number of hydrogen-bond donors (Lipinski definition) is 3. The molecule has 0 unspecified atom stereocenters. The quantitative estimate of drug-likeness (QED) is 0.806. The van der Waals surface area contributed by atoms with Gasteiger partial charge in [-0.25, -0.2) is 4.79 Å². The van der Waals surface area contributed by atoms with Gasteiger partial charge in [0.25, 0.3) is 0 Å². The first kappa shape index (κ1) is 16.0. The zero-order chi connectivity index (χ0) is 17.1. The molecule has 0 saturated heterocycles. The van der Waals surface area contributed by atoms with E-state index in [2.05, 4.69) is 20.8 Å². The second kappa shape index (κ2) is 6.74. The van der Waals surface area contributed by atoms with E-state index in [-0.39, 0.29) is 18.0 Å². The Kier molecular flexibility index (Phi) is 4.50. The highest BCUT2D eigenvalue weighted by atomic mass is 16.2. The van der Waals surface area contributed by atoms with Crippen LogP contribution in [0.15, 0.2) is 30.5 Å². The number of aryl methyl sites for hydroxylation is 1. The van der Waals surface area contributed by atoms with Crippen molar-refractivity contribution in [3.63, 3.8) is 0 Å². The summed E-state index contributed by atoms with van der Waals surface area (Å²) in [6.45, 7) is 1.50. The van der Waals surface area contributed by atoms with Crippen LogP contribution in [0.25, 0.3) is 0 Å². The van der Waals surface area contributed by atoms with Gasteiger partial charge in [0.2, 0.25) is 5.91 Å². The summed E-state index contributed by atoms with van der Waals surface area (Å²) in [7, 11) is 1.70. The first-order chi connectivity index (χ1) is 11.5. The summed E-state index contributed by atoms with van der Waals surface area (Å²) in [5.74, 6) is -0.0604. The van der Waals surface area contributed by atoms with Crippen LogP contribution >= 0.6 is 0 Å². The highest BCUT2D eigenvalue weighted by Crippen LogP contribution is 2.20. The van der Waals surface area contributed by atoms with Gasteiger partial charge in [-0.2, -0.15) is 5.10 Å². The number of H-pyrrole nitrogens is 1. The minimum absolute atomic E-state index is 0.0604. The Morgan fingerprint density at radius 3 is 3.00 bits per heavy atom. The summed E-state index contributed by atoms with van der Waals surface area (Å²) in [6, 6.07) is 7.06. The highest BCUT2D eigenvalue weighted by molar-refractivity contribution is 5.93. The first-order valence-corrected chi connectivity index (χ1v) is 7.96. The lowest BCUT2D eigenvalue weighted by atomic mass is 9.94. The Balaban J connectivity index is 1.59. The Hall–Kier alpha value is -2.83. The molecule has 126 valence electrons. The summed E-state index contributed by atoms with van der Waals surface area (Å²) in [6.07, 6.45) is 4.38. The number of carbonyl (C=O) groups excluding carboxylic acids is 2. The van der Waals surface area contributed by atoms with Gasteiger partial charge in [0.15, 0.2) is 0 Å². The molecule has 0 aliphatic heterocycles. The summed E-state index contributed by atoms with van der Waals surface area (Å²) in [4.78, 5) is 25.2. The molecule has 0 saturated carbocycles. The molecular weight excluding hydrogens is 306 g/mol. The molecule has 7 heteroatoms. The van der Waals surface area contributed by atoms with Crippen LogP contribution in [-0.4, -0.2) is 35.2 Å². The molecule has 1 aliphatic carbocycles. The SMILES string of the molecule is CC(=O)N(C)c1cccc(NC(=O)N[C@H]2CCc3[nH]ncc3C2)c1. The van der Waals surface area contributed by atoms with Crippen molar-refractivity contribution in [1.82, 2.24) is 15.5 Å². The number of nitrogens with one attached hydrogen (secondary N) is 3. The van der Waals surface area contributed by atoms with Crippen LogP contribution in [0.5, 0.6) is 0 Å². The molecule has 1 heterocycles. The molecule has 24 heavy (non-hydrogen) atoms. The second-order valence-electron chi connectivity index (χ2n) is 6.04. The number of benzene rings is 1. The average molecular weight is 327 g/mol. The fourth-order valence-corrected chi connectivity index (χ4v) is 2.87. The predicted octanol–water partition coefficient (Wildman–Crippen LogP) is 2.07. The van der Waals surface area contributed by atoms with Crippen molar-refractivity contribution >= 4 is 23.3 Å². The topological polar surface area (TPSA) is 90.1 Å². The van der Waals surface area contributed by atoms with Gasteiger partial charge in [0.05, 0.1) is 6.20 Å². The summed E-state index contributed by atoms with van der Waals surface area (Å²) in [5, 5.41) is 12.9. The van der Waals surface area contributed by atoms with E-state index in [1.54, 1.807) is 19.2 Å². The number of aromatic nitrogens is 2. The largest absolute Gasteiger partial charge is 0.335 e. The molecule has 3 N–H and O–H groups in total. The summed E-state index contributed by atoms with van der Waals surface area (Å²) >= 11 is 0. The molecule has 3 amide bonds. The van der Waals surface area contributed by atoms with Gasteiger partial charge >= 0.3 is 6.03 Å². The van der Waals surface area contributed by atoms with Crippen LogP contribution in [0.3, 0.4) is 0 Å². The smallest absolute Gasteiger partial charge is 0.319 e. The Morgan fingerprint density at radius 1 is 1.38 bits per heavy atom. The molecule has 0 bridgehead atoms. The molecule has 0 spiro atoms. The van der Waals surface area contributed by atoms with Gasteiger partial charge in [-0.3, -0.25) is 9.89 Å². The minimum Gasteiger partial charge on any atom is -0.335 e. The Labute approximate surface area is 140 Å². The number of urea groups is 1. The van der Waals surface area contributed by atoms with Crippen molar-refractivity contribution in [1.29, 1.82) is 0 Å². The van der Waals surface area contributed by atoms with Gasteiger partial charge in [0, 0.05) is 37.1 Å². The number of aromatic amines is 1. The highest BCUT2D eigenvalue weighted by Gasteiger charge is 2.21. The maximum Gasteiger partial charge on any atom is 0.319 e. The first-order valence-electron chi connectivity index (χ1n) is 7.96. The molecule has 1 aromatic heterocycles. The van der Waals surface area contributed by atoms with Crippen LogP contribution in [-0.2, 0) is 17.6 Å². The fraction of sp³-hybridized carbons (Fsp3) is 0.353. The number of hydrogen-bond acceptors (Lipinski definition) is 3. The van der Waals surface area contributed by atoms with Gasteiger partial charge in [-0.05, 0) is 43.0 Å². The van der Waals surface area contributed by atoms with E-state index in [1.165, 1.54) is 11.8 Å². The van der Waals surface area contributed by atoms with Crippen LogP contribution in [0.1, 0.15) is 24.6 Å². The number of rotatable bonds is 3. The van der Waals surface area contributed by atoms with Crippen molar-refractivity contribution in [3.8, 4) is 0 Å². The van der Waals surface area contributed by atoms with E-state index in [0.717, 1.165) is 36.2 Å². The molecule has 1 aromatic carbocycles. The normalized spacial score (nSPS) is 16.2. The number of amides is 3. The van der Waals surface area contributed by atoms with Gasteiger partial charge in [0.1, 0.15) is 0 Å². The lowest BCUT2D eigenvalue weighted by Crippen LogP contribution is -2.41. The average Bonchev–Trinajstić information content (AvgIpc) is 3.01. The van der Waals surface area contributed by atoms with Crippen LogP contribution in [0.2, 0.25) is 0 Å². The van der Waals surface area contributed by atoms with Crippen molar-refractivity contribution in [2.24, 2.45) is 0 Å². The van der Waals surface area contributed by atoms with Crippen molar-refractivity contribution in [2.75, 3.05) is 17.3 Å². The maximum atomic E-state index is 12.2. The third-order valence-corrected chi connectivity index (χ3v) is 4.32. The van der Waals surface area contributed by atoms with E-state index in [0.29, 0.717) is 5.69 Å². The third-order valence-electron chi connectivity index (χ3n) is 4.32. The lowest BCUT2D eigenvalue weighted by Gasteiger charge is -2.23. The molecule has 2 aromatic rings. The number of anilines is 2. The third kappa shape index (κ3) is 3.56. The van der Waals surface area contributed by atoms with Gasteiger partial charge < -0.3 is 15.5 Å². The Bertz CT molecular complexity index is 755. The van der Waals surface area contributed by atoms with E-state index in [4.69, 9.17) is 0 Å². The van der Waals surface area contributed by atoms with Gasteiger partial charge in [-0.15, -0.1) is 0 Å². The Morgan fingerprint density at radius 2 is 2.21 bits per heavy atom. The van der Waals surface area contributed by atoms with E-state index < -0.39 is 0 Å². The molecule has 3 rings (SSSR count). The zero-order valence-electron chi connectivity index (χ0n) is 13.8. The number of fused-ring (bicyclic) bond motifs is 1. The molecule has 0 radical (unpaired) electrons. The molecule has 1 aliphatic rings. The van der Waals surface area contributed by atoms with E-state index in [9.17, 15) is 9.59 Å². The van der Waals surface area contributed by atoms with Crippen molar-refractivity contribution in [3.05, 3.63) is 41.7 Å². The van der Waals surface area contributed by atoms with Crippen LogP contribution < -0.4 is 15.5 Å². The maximum absolute atomic E-state index is 12.2. The van der Waals surface area contributed by atoms with Gasteiger partial charge in [-0.1, -0.05) is 6.07 Å². The summed E-state index contributed by atoms with van der Waals surface area (Å²) in [5.41, 5.74) is 3.71. The number of nitrogens with zero attached hydrogens (tertiary/aromatic N) is 2.